The fraction of sp³-hybridized carbons (Fsp3) is 0.455. The van der Waals surface area contributed by atoms with Crippen LogP contribution in [0, 0.1) is 16.7 Å². The molecule has 1 aromatic heterocycles. The number of amides is 1. The van der Waals surface area contributed by atoms with Crippen molar-refractivity contribution in [2.45, 2.75) is 24.8 Å². The number of thiophene rings is 1. The normalized spacial score (nSPS) is 21.9. The zero-order chi connectivity index (χ0) is 14.3. The molecule has 1 aliphatic rings. The van der Waals surface area contributed by atoms with Crippen LogP contribution in [0.3, 0.4) is 0 Å². The Morgan fingerprint density at radius 3 is 2.79 bits per heavy atom. The van der Waals surface area contributed by atoms with Crippen LogP contribution < -0.4 is 10.0 Å². The third kappa shape index (κ3) is 2.49. The Morgan fingerprint density at radius 1 is 1.58 bits per heavy atom. The molecule has 0 aliphatic carbocycles. The van der Waals surface area contributed by atoms with Crippen LogP contribution in [0.2, 0.25) is 0 Å². The van der Waals surface area contributed by atoms with Crippen LogP contribution in [-0.4, -0.2) is 26.9 Å². The van der Waals surface area contributed by atoms with Crippen molar-refractivity contribution in [1.29, 1.82) is 5.26 Å². The molecule has 0 radical (unpaired) electrons. The third-order valence-corrected chi connectivity index (χ3v) is 5.47. The molecule has 0 aromatic carbocycles. The van der Waals surface area contributed by atoms with Crippen LogP contribution in [-0.2, 0) is 14.8 Å². The Bertz CT molecular complexity index is 655. The highest BCUT2D eigenvalue weighted by molar-refractivity contribution is 7.89. The summed E-state index contributed by atoms with van der Waals surface area (Å²) < 4.78 is 26.8. The van der Waals surface area contributed by atoms with E-state index in [1.807, 2.05) is 6.07 Å². The number of sulfonamides is 1. The number of carbonyl (C=O) groups is 1. The first kappa shape index (κ1) is 14.0. The fourth-order valence-corrected chi connectivity index (χ4v) is 4.43. The fourth-order valence-electron chi connectivity index (χ4n) is 1.90. The Morgan fingerprint density at radius 2 is 2.26 bits per heavy atom. The van der Waals surface area contributed by atoms with Crippen molar-refractivity contribution in [3.63, 3.8) is 0 Å². The van der Waals surface area contributed by atoms with Gasteiger partial charge in [0.15, 0.2) is 0 Å². The maximum atomic E-state index is 12.2. The van der Waals surface area contributed by atoms with Gasteiger partial charge in [-0.15, -0.1) is 11.3 Å². The van der Waals surface area contributed by atoms with Gasteiger partial charge in [0.2, 0.25) is 15.9 Å². The summed E-state index contributed by atoms with van der Waals surface area (Å²) in [5.41, 5.74) is -0.507. The van der Waals surface area contributed by atoms with E-state index in [4.69, 9.17) is 5.26 Å². The largest absolute Gasteiger partial charge is 0.354 e. The first-order chi connectivity index (χ1) is 8.78. The monoisotopic (exact) mass is 299 g/mol. The van der Waals surface area contributed by atoms with Gasteiger partial charge in [0.25, 0.3) is 0 Å². The van der Waals surface area contributed by atoms with Crippen LogP contribution >= 0.6 is 11.3 Å². The van der Waals surface area contributed by atoms with E-state index in [0.29, 0.717) is 6.54 Å². The van der Waals surface area contributed by atoms with Gasteiger partial charge in [-0.25, -0.2) is 8.42 Å². The molecule has 1 aliphatic heterocycles. The van der Waals surface area contributed by atoms with Gasteiger partial charge in [0.1, 0.15) is 21.9 Å². The summed E-state index contributed by atoms with van der Waals surface area (Å²) in [5, 5.41) is 13.0. The van der Waals surface area contributed by atoms with Crippen LogP contribution in [0.15, 0.2) is 16.3 Å². The predicted octanol–water partition coefficient (Wildman–Crippen LogP) is 0.423. The molecule has 0 saturated carbocycles. The molecule has 0 spiro atoms. The minimum Gasteiger partial charge on any atom is -0.354 e. The summed E-state index contributed by atoms with van der Waals surface area (Å²) in [6.07, 6.45) is 0. The number of nitriles is 1. The minimum absolute atomic E-state index is 0.0736. The number of carbonyl (C=O) groups excluding carboxylic acids is 1. The molecule has 2 rings (SSSR count). The third-order valence-electron chi connectivity index (χ3n) is 3.06. The van der Waals surface area contributed by atoms with Crippen molar-refractivity contribution in [2.24, 2.45) is 5.41 Å². The lowest BCUT2D eigenvalue weighted by Crippen LogP contribution is -2.46. The van der Waals surface area contributed by atoms with Crippen molar-refractivity contribution in [1.82, 2.24) is 10.0 Å². The maximum Gasteiger partial charge on any atom is 0.243 e. The molecule has 2 N–H and O–H groups in total. The highest BCUT2D eigenvalue weighted by Gasteiger charge is 2.44. The summed E-state index contributed by atoms with van der Waals surface area (Å²) in [4.78, 5) is 11.7. The lowest BCUT2D eigenvalue weighted by Gasteiger charge is -2.24. The van der Waals surface area contributed by atoms with Gasteiger partial charge in [-0.2, -0.15) is 9.98 Å². The van der Waals surface area contributed by atoms with E-state index in [1.165, 1.54) is 11.4 Å². The van der Waals surface area contributed by atoms with Crippen LogP contribution in [0.4, 0.5) is 0 Å². The van der Waals surface area contributed by atoms with E-state index in [1.54, 1.807) is 13.8 Å². The average Bonchev–Trinajstić information content (AvgIpc) is 2.89. The lowest BCUT2D eigenvalue weighted by atomic mass is 9.88. The molecule has 0 bridgehead atoms. The molecule has 6 nitrogen and oxygen atoms in total. The molecule has 8 heteroatoms. The quantitative estimate of drug-likeness (QED) is 0.845. The summed E-state index contributed by atoms with van der Waals surface area (Å²) in [6.45, 7) is 4.02. The number of hydrogen-bond donors (Lipinski definition) is 2. The SMILES string of the molecule is CC1(C)CNC(=O)C1NS(=O)(=O)c1ccsc1C#N. The van der Waals surface area contributed by atoms with Crippen molar-refractivity contribution in [3.8, 4) is 6.07 Å². The Labute approximate surface area is 115 Å². The van der Waals surface area contributed by atoms with Gasteiger partial charge < -0.3 is 5.32 Å². The van der Waals surface area contributed by atoms with Crippen LogP contribution in [0.1, 0.15) is 18.7 Å². The molecule has 1 saturated heterocycles. The molecule has 2 heterocycles. The highest BCUT2D eigenvalue weighted by atomic mass is 32.2. The first-order valence-electron chi connectivity index (χ1n) is 5.55. The zero-order valence-electron chi connectivity index (χ0n) is 10.4. The maximum absolute atomic E-state index is 12.2. The minimum atomic E-state index is -3.87. The van der Waals surface area contributed by atoms with Gasteiger partial charge in [0, 0.05) is 12.0 Å². The van der Waals surface area contributed by atoms with E-state index in [2.05, 4.69) is 10.0 Å². The van der Waals surface area contributed by atoms with Crippen molar-refractivity contribution in [3.05, 3.63) is 16.3 Å². The van der Waals surface area contributed by atoms with Crippen molar-refractivity contribution < 1.29 is 13.2 Å². The molecular formula is C11H13N3O3S2. The zero-order valence-corrected chi connectivity index (χ0v) is 12.1. The summed E-state index contributed by atoms with van der Waals surface area (Å²) in [5.74, 6) is -0.345. The number of nitrogens with one attached hydrogen (secondary N) is 2. The summed E-state index contributed by atoms with van der Waals surface area (Å²) >= 11 is 1.05. The highest BCUT2D eigenvalue weighted by Crippen LogP contribution is 2.28. The summed E-state index contributed by atoms with van der Waals surface area (Å²) in [7, 11) is -3.87. The van der Waals surface area contributed by atoms with Crippen molar-refractivity contribution >= 4 is 27.3 Å². The Hall–Kier alpha value is -1.43. The lowest BCUT2D eigenvalue weighted by molar-refractivity contribution is -0.121. The molecular weight excluding hydrogens is 286 g/mol. The van der Waals surface area contributed by atoms with E-state index >= 15 is 0 Å². The smallest absolute Gasteiger partial charge is 0.243 e. The second-order valence-electron chi connectivity index (χ2n) is 4.99. The molecule has 1 amide bonds. The first-order valence-corrected chi connectivity index (χ1v) is 7.92. The number of hydrogen-bond acceptors (Lipinski definition) is 5. The van der Waals surface area contributed by atoms with Crippen molar-refractivity contribution in [2.75, 3.05) is 6.54 Å². The molecule has 1 atom stereocenters. The van der Waals surface area contributed by atoms with E-state index in [9.17, 15) is 13.2 Å². The van der Waals surface area contributed by atoms with Gasteiger partial charge in [-0.05, 0) is 11.4 Å². The Kier molecular flexibility index (Phi) is 3.38. The summed E-state index contributed by atoms with van der Waals surface area (Å²) in [6, 6.07) is 2.37. The molecule has 19 heavy (non-hydrogen) atoms. The second-order valence-corrected chi connectivity index (χ2v) is 7.58. The number of nitrogens with zero attached hydrogens (tertiary/aromatic N) is 1. The molecule has 1 fully saturated rings. The molecule has 1 unspecified atom stereocenters. The topological polar surface area (TPSA) is 99.1 Å². The Balaban J connectivity index is 2.33. The van der Waals surface area contributed by atoms with E-state index in [-0.39, 0.29) is 15.7 Å². The predicted molar refractivity (Wildman–Crippen MR) is 69.9 cm³/mol. The van der Waals surface area contributed by atoms with E-state index in [0.717, 1.165) is 11.3 Å². The van der Waals surface area contributed by atoms with E-state index < -0.39 is 21.5 Å². The van der Waals surface area contributed by atoms with Gasteiger partial charge in [-0.1, -0.05) is 13.8 Å². The second kappa shape index (κ2) is 4.59. The molecule has 1 aromatic rings. The molecule has 102 valence electrons. The van der Waals surface area contributed by atoms with Gasteiger partial charge in [-0.3, -0.25) is 4.79 Å². The van der Waals surface area contributed by atoms with Crippen LogP contribution in [0.5, 0.6) is 0 Å². The van der Waals surface area contributed by atoms with Gasteiger partial charge in [0.05, 0.1) is 0 Å². The standard InChI is InChI=1S/C11H13N3O3S2/c1-11(2)6-13-10(15)9(11)14-19(16,17)8-3-4-18-7(8)5-12/h3-4,9,14H,6H2,1-2H3,(H,13,15). The van der Waals surface area contributed by atoms with Crippen LogP contribution in [0.25, 0.3) is 0 Å². The van der Waals surface area contributed by atoms with Gasteiger partial charge >= 0.3 is 0 Å². The average molecular weight is 299 g/mol. The number of rotatable bonds is 3.